The first-order valence-electron chi connectivity index (χ1n) is 8.40. The maximum Gasteiger partial charge on any atom is 0.229 e. The number of rotatable bonds is 7. The van der Waals surface area contributed by atoms with Crippen LogP contribution in [0.4, 0.5) is 21.8 Å². The molecule has 128 valence electrons. The maximum atomic E-state index is 12.9. The summed E-state index contributed by atoms with van der Waals surface area (Å²) in [6, 6.07) is 16.6. The summed E-state index contributed by atoms with van der Waals surface area (Å²) in [4.78, 5) is 8.71. The van der Waals surface area contributed by atoms with Gasteiger partial charge in [0.15, 0.2) is 0 Å². The molecule has 0 radical (unpaired) electrons. The summed E-state index contributed by atoms with van der Waals surface area (Å²) in [6.45, 7) is 2.85. The predicted molar refractivity (Wildman–Crippen MR) is 99.7 cm³/mol. The van der Waals surface area contributed by atoms with Gasteiger partial charge in [0.25, 0.3) is 0 Å². The summed E-state index contributed by atoms with van der Waals surface area (Å²) in [7, 11) is 0. The summed E-state index contributed by atoms with van der Waals surface area (Å²) in [5, 5.41) is 6.47. The number of halogens is 1. The van der Waals surface area contributed by atoms with Gasteiger partial charge in [-0.1, -0.05) is 31.2 Å². The van der Waals surface area contributed by atoms with E-state index in [4.69, 9.17) is 0 Å². The van der Waals surface area contributed by atoms with Gasteiger partial charge in [-0.05, 0) is 54.3 Å². The number of nitrogens with zero attached hydrogens (tertiary/aromatic N) is 2. The van der Waals surface area contributed by atoms with Gasteiger partial charge in [0, 0.05) is 18.4 Å². The lowest BCUT2D eigenvalue weighted by atomic mass is 10.1. The van der Waals surface area contributed by atoms with Crippen LogP contribution in [-0.2, 0) is 12.8 Å². The molecule has 0 unspecified atom stereocenters. The van der Waals surface area contributed by atoms with Crippen LogP contribution in [0.25, 0.3) is 0 Å². The number of nitrogens with one attached hydrogen (secondary N) is 2. The largest absolute Gasteiger partial charge is 0.370 e. The van der Waals surface area contributed by atoms with E-state index in [0.29, 0.717) is 12.5 Å². The number of benzene rings is 2. The van der Waals surface area contributed by atoms with Crippen molar-refractivity contribution < 1.29 is 4.39 Å². The monoisotopic (exact) mass is 336 g/mol. The Hall–Kier alpha value is -2.95. The van der Waals surface area contributed by atoms with Crippen LogP contribution in [0, 0.1) is 5.82 Å². The van der Waals surface area contributed by atoms with Crippen molar-refractivity contribution in [1.82, 2.24) is 9.97 Å². The summed E-state index contributed by atoms with van der Waals surface area (Å²) in [6.07, 6.45) is 3.53. The zero-order valence-corrected chi connectivity index (χ0v) is 14.2. The van der Waals surface area contributed by atoms with E-state index in [1.165, 1.54) is 17.7 Å². The van der Waals surface area contributed by atoms with Crippen LogP contribution < -0.4 is 10.6 Å². The summed E-state index contributed by atoms with van der Waals surface area (Å²) in [5.41, 5.74) is 3.33. The number of aromatic nitrogens is 2. The third-order valence-corrected chi connectivity index (χ3v) is 3.91. The second-order valence-electron chi connectivity index (χ2n) is 5.74. The Balaban J connectivity index is 1.56. The fraction of sp³-hybridized carbons (Fsp3) is 0.200. The molecule has 25 heavy (non-hydrogen) atoms. The molecule has 4 nitrogen and oxygen atoms in total. The smallest absolute Gasteiger partial charge is 0.229 e. The SMILES string of the molecule is CCc1ccc(Nc2nccc(NCCc3ccc(F)cc3)n2)cc1. The normalized spacial score (nSPS) is 10.5. The molecule has 0 aliphatic rings. The molecule has 3 rings (SSSR count). The number of hydrogen-bond donors (Lipinski definition) is 2. The van der Waals surface area contributed by atoms with Crippen LogP contribution in [0.3, 0.4) is 0 Å². The first-order valence-corrected chi connectivity index (χ1v) is 8.40. The van der Waals surface area contributed by atoms with E-state index in [9.17, 15) is 4.39 Å². The Morgan fingerprint density at radius 2 is 1.64 bits per heavy atom. The number of aryl methyl sites for hydroxylation is 1. The molecular weight excluding hydrogens is 315 g/mol. The van der Waals surface area contributed by atoms with E-state index >= 15 is 0 Å². The molecule has 0 spiro atoms. The van der Waals surface area contributed by atoms with Crippen molar-refractivity contribution in [2.24, 2.45) is 0 Å². The Morgan fingerprint density at radius 3 is 2.36 bits per heavy atom. The van der Waals surface area contributed by atoms with E-state index in [-0.39, 0.29) is 5.82 Å². The second-order valence-corrected chi connectivity index (χ2v) is 5.74. The highest BCUT2D eigenvalue weighted by Crippen LogP contribution is 2.15. The lowest BCUT2D eigenvalue weighted by molar-refractivity contribution is 0.627. The quantitative estimate of drug-likeness (QED) is 0.663. The molecule has 1 aromatic heterocycles. The molecule has 0 aliphatic heterocycles. The molecule has 0 saturated carbocycles. The van der Waals surface area contributed by atoms with Gasteiger partial charge in [-0.3, -0.25) is 0 Å². The lowest BCUT2D eigenvalue weighted by Gasteiger charge is -2.09. The topological polar surface area (TPSA) is 49.8 Å². The van der Waals surface area contributed by atoms with E-state index in [0.717, 1.165) is 29.9 Å². The van der Waals surface area contributed by atoms with Crippen molar-refractivity contribution in [1.29, 1.82) is 0 Å². The fourth-order valence-electron chi connectivity index (χ4n) is 2.46. The minimum absolute atomic E-state index is 0.213. The van der Waals surface area contributed by atoms with Crippen LogP contribution in [0.15, 0.2) is 60.8 Å². The molecule has 3 aromatic rings. The van der Waals surface area contributed by atoms with E-state index in [2.05, 4.69) is 39.7 Å². The molecular formula is C20H21FN4. The highest BCUT2D eigenvalue weighted by molar-refractivity contribution is 5.55. The highest BCUT2D eigenvalue weighted by atomic mass is 19.1. The molecule has 5 heteroatoms. The summed E-state index contributed by atoms with van der Waals surface area (Å²) in [5.74, 6) is 1.09. The van der Waals surface area contributed by atoms with Crippen LogP contribution in [0.2, 0.25) is 0 Å². The fourth-order valence-corrected chi connectivity index (χ4v) is 2.46. The van der Waals surface area contributed by atoms with Crippen LogP contribution in [0.5, 0.6) is 0 Å². The van der Waals surface area contributed by atoms with Gasteiger partial charge in [0.1, 0.15) is 11.6 Å². The summed E-state index contributed by atoms with van der Waals surface area (Å²) < 4.78 is 12.9. The van der Waals surface area contributed by atoms with Gasteiger partial charge in [0.2, 0.25) is 5.95 Å². The molecule has 0 aliphatic carbocycles. The maximum absolute atomic E-state index is 12.9. The molecule has 0 amide bonds. The molecule has 0 fully saturated rings. The van der Waals surface area contributed by atoms with Gasteiger partial charge in [0.05, 0.1) is 0 Å². The van der Waals surface area contributed by atoms with Crippen molar-refractivity contribution in [3.05, 3.63) is 77.7 Å². The minimum atomic E-state index is -0.213. The van der Waals surface area contributed by atoms with Crippen molar-refractivity contribution in [2.75, 3.05) is 17.2 Å². The van der Waals surface area contributed by atoms with Gasteiger partial charge >= 0.3 is 0 Å². The highest BCUT2D eigenvalue weighted by Gasteiger charge is 2.01. The van der Waals surface area contributed by atoms with Gasteiger partial charge < -0.3 is 10.6 Å². The Morgan fingerprint density at radius 1 is 0.920 bits per heavy atom. The van der Waals surface area contributed by atoms with Gasteiger partial charge in [-0.15, -0.1) is 0 Å². The first-order chi connectivity index (χ1) is 12.2. The lowest BCUT2D eigenvalue weighted by Crippen LogP contribution is -2.07. The predicted octanol–water partition coefficient (Wildman–Crippen LogP) is 4.58. The Kier molecular flexibility index (Phi) is 5.57. The third kappa shape index (κ3) is 5.01. The van der Waals surface area contributed by atoms with E-state index in [1.807, 2.05) is 18.2 Å². The van der Waals surface area contributed by atoms with Crippen molar-refractivity contribution in [3.63, 3.8) is 0 Å². The molecule has 1 heterocycles. The van der Waals surface area contributed by atoms with Crippen molar-refractivity contribution >= 4 is 17.5 Å². The Labute approximate surface area is 147 Å². The van der Waals surface area contributed by atoms with Gasteiger partial charge in [-0.25, -0.2) is 9.37 Å². The van der Waals surface area contributed by atoms with E-state index in [1.54, 1.807) is 18.3 Å². The summed E-state index contributed by atoms with van der Waals surface area (Å²) >= 11 is 0. The van der Waals surface area contributed by atoms with Crippen LogP contribution >= 0.6 is 0 Å². The molecule has 0 atom stereocenters. The number of anilines is 3. The van der Waals surface area contributed by atoms with Crippen molar-refractivity contribution in [3.8, 4) is 0 Å². The zero-order valence-electron chi connectivity index (χ0n) is 14.2. The Bertz CT molecular complexity index is 801. The molecule has 0 saturated heterocycles. The van der Waals surface area contributed by atoms with E-state index < -0.39 is 0 Å². The minimum Gasteiger partial charge on any atom is -0.370 e. The van der Waals surface area contributed by atoms with Gasteiger partial charge in [-0.2, -0.15) is 4.98 Å². The average molecular weight is 336 g/mol. The molecule has 2 N–H and O–H groups in total. The second kappa shape index (κ2) is 8.24. The van der Waals surface area contributed by atoms with Crippen LogP contribution in [0.1, 0.15) is 18.1 Å². The average Bonchev–Trinajstić information content (AvgIpc) is 2.64. The zero-order chi connectivity index (χ0) is 17.5. The third-order valence-electron chi connectivity index (χ3n) is 3.91. The molecule has 0 bridgehead atoms. The molecule has 2 aromatic carbocycles. The first kappa shape index (κ1) is 16.9. The standard InChI is InChI=1S/C20H21FN4/c1-2-15-5-9-18(10-6-15)24-20-23-14-12-19(25-20)22-13-11-16-3-7-17(21)8-4-16/h3-10,12,14H,2,11,13H2,1H3,(H2,22,23,24,25). The van der Waals surface area contributed by atoms with Crippen LogP contribution in [-0.4, -0.2) is 16.5 Å². The van der Waals surface area contributed by atoms with Crippen molar-refractivity contribution in [2.45, 2.75) is 19.8 Å². The number of hydrogen-bond acceptors (Lipinski definition) is 4.